The smallest absolute Gasteiger partial charge is 0.288 e. The quantitative estimate of drug-likeness (QED) is 0.651. The van der Waals surface area contributed by atoms with Crippen molar-refractivity contribution in [2.45, 2.75) is 46.1 Å². The largest absolute Gasteiger partial charge is 0.522 e. The molecule has 1 nitrogen and oxygen atoms in total. The summed E-state index contributed by atoms with van der Waals surface area (Å²) in [5, 5.41) is 0. The standard InChI is InChI=1S/C8H15F3O/c1-4-6(3)7(5-2)12-8(9,10)11/h6-7H,4-5H2,1-3H3. The minimum absolute atomic E-state index is 0.0448. The zero-order valence-electron chi connectivity index (χ0n) is 7.61. The Kier molecular flexibility index (Phi) is 4.60. The highest BCUT2D eigenvalue weighted by molar-refractivity contribution is 4.63. The highest BCUT2D eigenvalue weighted by atomic mass is 19.4. The summed E-state index contributed by atoms with van der Waals surface area (Å²) in [5.74, 6) is -0.0448. The lowest BCUT2D eigenvalue weighted by Crippen LogP contribution is -2.28. The molecule has 0 saturated carbocycles. The van der Waals surface area contributed by atoms with Crippen molar-refractivity contribution < 1.29 is 17.9 Å². The van der Waals surface area contributed by atoms with Gasteiger partial charge in [-0.2, -0.15) is 0 Å². The molecule has 0 N–H and O–H groups in total. The first kappa shape index (κ1) is 11.8. The van der Waals surface area contributed by atoms with Crippen LogP contribution in [0.4, 0.5) is 13.2 Å². The summed E-state index contributed by atoms with van der Waals surface area (Å²) in [5.41, 5.74) is 0. The highest BCUT2D eigenvalue weighted by Crippen LogP contribution is 2.25. The average molecular weight is 184 g/mol. The molecule has 74 valence electrons. The van der Waals surface area contributed by atoms with Gasteiger partial charge in [0.25, 0.3) is 0 Å². The van der Waals surface area contributed by atoms with Gasteiger partial charge in [-0.3, -0.25) is 4.74 Å². The van der Waals surface area contributed by atoms with Crippen LogP contribution in [0, 0.1) is 5.92 Å². The monoisotopic (exact) mass is 184 g/mol. The van der Waals surface area contributed by atoms with Crippen LogP contribution in [0.1, 0.15) is 33.6 Å². The number of rotatable bonds is 4. The third-order valence-corrected chi connectivity index (χ3v) is 1.97. The van der Waals surface area contributed by atoms with Gasteiger partial charge < -0.3 is 0 Å². The average Bonchev–Trinajstić information content (AvgIpc) is 1.97. The molecule has 0 rings (SSSR count). The molecule has 0 aromatic carbocycles. The highest BCUT2D eigenvalue weighted by Gasteiger charge is 2.34. The van der Waals surface area contributed by atoms with Crippen molar-refractivity contribution in [2.24, 2.45) is 5.92 Å². The van der Waals surface area contributed by atoms with E-state index in [1.165, 1.54) is 0 Å². The minimum atomic E-state index is -4.50. The number of halogens is 3. The lowest BCUT2D eigenvalue weighted by Gasteiger charge is -2.22. The first-order valence-corrected chi connectivity index (χ1v) is 4.15. The Morgan fingerprint density at radius 2 is 1.67 bits per heavy atom. The van der Waals surface area contributed by atoms with Gasteiger partial charge in [0.05, 0.1) is 6.10 Å². The van der Waals surface area contributed by atoms with Crippen LogP contribution in [0.25, 0.3) is 0 Å². The van der Waals surface area contributed by atoms with Crippen LogP contribution < -0.4 is 0 Å². The van der Waals surface area contributed by atoms with Gasteiger partial charge >= 0.3 is 6.36 Å². The molecule has 0 aliphatic carbocycles. The van der Waals surface area contributed by atoms with Crippen molar-refractivity contribution in [3.63, 3.8) is 0 Å². The summed E-state index contributed by atoms with van der Waals surface area (Å²) in [7, 11) is 0. The second kappa shape index (κ2) is 4.70. The molecule has 0 radical (unpaired) electrons. The van der Waals surface area contributed by atoms with E-state index in [0.717, 1.165) is 0 Å². The first-order valence-electron chi connectivity index (χ1n) is 4.15. The van der Waals surface area contributed by atoms with E-state index in [1.807, 2.05) is 6.92 Å². The molecule has 4 heteroatoms. The minimum Gasteiger partial charge on any atom is -0.288 e. The van der Waals surface area contributed by atoms with Crippen LogP contribution in [-0.2, 0) is 4.74 Å². The topological polar surface area (TPSA) is 9.23 Å². The van der Waals surface area contributed by atoms with Gasteiger partial charge in [-0.25, -0.2) is 0 Å². The van der Waals surface area contributed by atoms with Gasteiger partial charge in [0, 0.05) is 0 Å². The molecular weight excluding hydrogens is 169 g/mol. The lowest BCUT2D eigenvalue weighted by atomic mass is 10.00. The molecule has 0 aliphatic heterocycles. The number of hydrogen-bond donors (Lipinski definition) is 0. The van der Waals surface area contributed by atoms with E-state index in [2.05, 4.69) is 4.74 Å². The van der Waals surface area contributed by atoms with Crippen LogP contribution in [0.3, 0.4) is 0 Å². The molecule has 0 aliphatic rings. The molecule has 12 heavy (non-hydrogen) atoms. The molecule has 0 amide bonds. The molecular formula is C8H15F3O. The van der Waals surface area contributed by atoms with Gasteiger partial charge in [-0.05, 0) is 12.3 Å². The van der Waals surface area contributed by atoms with E-state index in [4.69, 9.17) is 0 Å². The molecule has 0 heterocycles. The third kappa shape index (κ3) is 4.59. The number of hydrogen-bond acceptors (Lipinski definition) is 1. The zero-order valence-corrected chi connectivity index (χ0v) is 7.61. The maximum absolute atomic E-state index is 11.8. The summed E-state index contributed by atoms with van der Waals surface area (Å²) in [6.07, 6.45) is -4.09. The Hall–Kier alpha value is -0.250. The van der Waals surface area contributed by atoms with E-state index in [-0.39, 0.29) is 5.92 Å². The van der Waals surface area contributed by atoms with Crippen LogP contribution in [-0.4, -0.2) is 12.5 Å². The molecule has 2 unspecified atom stereocenters. The van der Waals surface area contributed by atoms with Crippen molar-refractivity contribution >= 4 is 0 Å². The van der Waals surface area contributed by atoms with E-state index < -0.39 is 12.5 Å². The van der Waals surface area contributed by atoms with Crippen molar-refractivity contribution in [3.8, 4) is 0 Å². The van der Waals surface area contributed by atoms with Crippen molar-refractivity contribution in [1.29, 1.82) is 0 Å². The maximum atomic E-state index is 11.8. The van der Waals surface area contributed by atoms with Crippen LogP contribution in [0.2, 0.25) is 0 Å². The molecule has 0 aromatic rings. The van der Waals surface area contributed by atoms with Gasteiger partial charge in [0.2, 0.25) is 0 Å². The predicted molar refractivity (Wildman–Crippen MR) is 40.7 cm³/mol. The fourth-order valence-electron chi connectivity index (χ4n) is 1.04. The van der Waals surface area contributed by atoms with Crippen LogP contribution in [0.5, 0.6) is 0 Å². The van der Waals surface area contributed by atoms with Crippen LogP contribution in [0.15, 0.2) is 0 Å². The normalized spacial score (nSPS) is 17.5. The summed E-state index contributed by atoms with van der Waals surface area (Å²) < 4.78 is 39.2. The Bertz CT molecular complexity index is 122. The summed E-state index contributed by atoms with van der Waals surface area (Å²) in [6, 6.07) is 0. The molecule has 2 atom stereocenters. The fourth-order valence-corrected chi connectivity index (χ4v) is 1.04. The van der Waals surface area contributed by atoms with Gasteiger partial charge in [-0.1, -0.05) is 27.2 Å². The van der Waals surface area contributed by atoms with E-state index in [9.17, 15) is 13.2 Å². The van der Waals surface area contributed by atoms with Gasteiger partial charge in [0.15, 0.2) is 0 Å². The Labute approximate surface area is 70.9 Å². The SMILES string of the molecule is CCC(C)C(CC)OC(F)(F)F. The Morgan fingerprint density at radius 3 is 1.92 bits per heavy atom. The number of alkyl halides is 3. The molecule has 0 aromatic heterocycles. The van der Waals surface area contributed by atoms with Gasteiger partial charge in [0.1, 0.15) is 0 Å². The lowest BCUT2D eigenvalue weighted by molar-refractivity contribution is -0.348. The van der Waals surface area contributed by atoms with Crippen molar-refractivity contribution in [2.75, 3.05) is 0 Å². The summed E-state index contributed by atoms with van der Waals surface area (Å²) in [4.78, 5) is 0. The second-order valence-electron chi connectivity index (χ2n) is 2.90. The molecule has 0 saturated heterocycles. The second-order valence-corrected chi connectivity index (χ2v) is 2.90. The molecule has 0 spiro atoms. The molecule has 0 bridgehead atoms. The van der Waals surface area contributed by atoms with E-state index in [1.54, 1.807) is 13.8 Å². The van der Waals surface area contributed by atoms with E-state index in [0.29, 0.717) is 12.8 Å². The summed E-state index contributed by atoms with van der Waals surface area (Å²) >= 11 is 0. The van der Waals surface area contributed by atoms with Crippen LogP contribution >= 0.6 is 0 Å². The van der Waals surface area contributed by atoms with Crippen molar-refractivity contribution in [1.82, 2.24) is 0 Å². The van der Waals surface area contributed by atoms with Gasteiger partial charge in [-0.15, -0.1) is 13.2 Å². The first-order chi connectivity index (χ1) is 5.40. The summed E-state index contributed by atoms with van der Waals surface area (Å²) in [6.45, 7) is 5.32. The predicted octanol–water partition coefficient (Wildman–Crippen LogP) is 3.35. The molecule has 0 fully saturated rings. The third-order valence-electron chi connectivity index (χ3n) is 1.97. The fraction of sp³-hybridized carbons (Fsp3) is 1.00. The zero-order chi connectivity index (χ0) is 9.78. The Morgan fingerprint density at radius 1 is 1.17 bits per heavy atom. The maximum Gasteiger partial charge on any atom is 0.522 e. The van der Waals surface area contributed by atoms with E-state index >= 15 is 0 Å². The Balaban J connectivity index is 3.99. The van der Waals surface area contributed by atoms with Crippen molar-refractivity contribution in [3.05, 3.63) is 0 Å². The number of ether oxygens (including phenoxy) is 1.